The number of nitrogens with one attached hydrogen (secondary N) is 1. The van der Waals surface area contributed by atoms with Crippen LogP contribution in [0.15, 0.2) is 24.3 Å². The van der Waals surface area contributed by atoms with E-state index in [-0.39, 0.29) is 17.1 Å². The summed E-state index contributed by atoms with van der Waals surface area (Å²) in [5.41, 5.74) is 0.362. The van der Waals surface area contributed by atoms with Crippen molar-refractivity contribution in [2.45, 2.75) is 26.5 Å². The molecular weight excluding hydrogens is 249 g/mol. The van der Waals surface area contributed by atoms with Gasteiger partial charge in [0.2, 0.25) is 5.91 Å². The summed E-state index contributed by atoms with van der Waals surface area (Å²) in [7, 11) is 0. The number of halogens is 1. The third-order valence-electron chi connectivity index (χ3n) is 2.43. The monoisotopic (exact) mass is 269 g/mol. The molecule has 0 aliphatic carbocycles. The molecule has 0 spiro atoms. The lowest BCUT2D eigenvalue weighted by molar-refractivity contribution is -0.128. The van der Waals surface area contributed by atoms with Crippen molar-refractivity contribution in [1.82, 2.24) is 5.32 Å². The predicted molar refractivity (Wildman–Crippen MR) is 75.0 cm³/mol. The Balaban J connectivity index is 2.20. The number of amides is 1. The summed E-state index contributed by atoms with van der Waals surface area (Å²) in [6.07, 6.45) is 0. The van der Waals surface area contributed by atoms with Crippen LogP contribution < -0.4 is 5.32 Å². The summed E-state index contributed by atoms with van der Waals surface area (Å²) in [6.45, 7) is 6.27. The molecule has 18 heavy (non-hydrogen) atoms. The van der Waals surface area contributed by atoms with E-state index in [9.17, 15) is 9.18 Å². The molecule has 0 unspecified atom stereocenters. The second-order valence-corrected chi connectivity index (χ2v) is 6.26. The van der Waals surface area contributed by atoms with Crippen LogP contribution in [0.3, 0.4) is 0 Å². The fraction of sp³-hybridized carbons (Fsp3) is 0.500. The van der Waals surface area contributed by atoms with E-state index in [4.69, 9.17) is 0 Å². The van der Waals surface area contributed by atoms with Crippen molar-refractivity contribution in [1.29, 1.82) is 0 Å². The number of hydrogen-bond acceptors (Lipinski definition) is 2. The molecule has 0 saturated heterocycles. The molecule has 0 aliphatic heterocycles. The minimum Gasteiger partial charge on any atom is -0.355 e. The van der Waals surface area contributed by atoms with Crippen LogP contribution in [0.2, 0.25) is 0 Å². The molecular formula is C14H20FNOS. The average Bonchev–Trinajstić information content (AvgIpc) is 2.29. The van der Waals surface area contributed by atoms with E-state index in [0.29, 0.717) is 17.9 Å². The quantitative estimate of drug-likeness (QED) is 0.832. The number of benzene rings is 1. The van der Waals surface area contributed by atoms with Gasteiger partial charge in [-0.25, -0.2) is 4.39 Å². The summed E-state index contributed by atoms with van der Waals surface area (Å²) in [6, 6.07) is 6.78. The van der Waals surface area contributed by atoms with Crippen LogP contribution in [0.4, 0.5) is 4.39 Å². The highest BCUT2D eigenvalue weighted by Gasteiger charge is 2.20. The first-order chi connectivity index (χ1) is 8.41. The zero-order valence-corrected chi connectivity index (χ0v) is 11.9. The van der Waals surface area contributed by atoms with Crippen LogP contribution in [0, 0.1) is 11.2 Å². The standard InChI is InChI=1S/C14H20FNOS/c1-14(2,3)13(17)16-8-9-18-10-11-6-4-5-7-12(11)15/h4-7H,8-10H2,1-3H3,(H,16,17). The first-order valence-corrected chi connectivity index (χ1v) is 7.16. The van der Waals surface area contributed by atoms with Gasteiger partial charge in [-0.05, 0) is 11.6 Å². The van der Waals surface area contributed by atoms with E-state index in [1.165, 1.54) is 6.07 Å². The van der Waals surface area contributed by atoms with Gasteiger partial charge in [0.15, 0.2) is 0 Å². The van der Waals surface area contributed by atoms with Crippen molar-refractivity contribution < 1.29 is 9.18 Å². The first kappa shape index (κ1) is 15.0. The van der Waals surface area contributed by atoms with Gasteiger partial charge < -0.3 is 5.32 Å². The summed E-state index contributed by atoms with van der Waals surface area (Å²) >= 11 is 1.62. The van der Waals surface area contributed by atoms with E-state index in [2.05, 4.69) is 5.32 Å². The topological polar surface area (TPSA) is 29.1 Å². The van der Waals surface area contributed by atoms with Crippen LogP contribution in [0.5, 0.6) is 0 Å². The van der Waals surface area contributed by atoms with Crippen LogP contribution in [0.25, 0.3) is 0 Å². The second kappa shape index (κ2) is 6.78. The number of carbonyl (C=O) groups is 1. The number of hydrogen-bond donors (Lipinski definition) is 1. The van der Waals surface area contributed by atoms with Gasteiger partial charge in [-0.3, -0.25) is 4.79 Å². The molecule has 1 rings (SSSR count). The van der Waals surface area contributed by atoms with Crippen molar-refractivity contribution >= 4 is 17.7 Å². The summed E-state index contributed by atoms with van der Waals surface area (Å²) < 4.78 is 13.3. The smallest absolute Gasteiger partial charge is 0.225 e. The minimum atomic E-state index is -0.351. The number of rotatable bonds is 5. The van der Waals surface area contributed by atoms with Gasteiger partial charge in [0.25, 0.3) is 0 Å². The molecule has 4 heteroatoms. The zero-order chi connectivity index (χ0) is 13.6. The molecule has 2 nitrogen and oxygen atoms in total. The van der Waals surface area contributed by atoms with Crippen LogP contribution in [-0.4, -0.2) is 18.2 Å². The lowest BCUT2D eigenvalue weighted by atomic mass is 9.96. The van der Waals surface area contributed by atoms with Crippen molar-refractivity contribution in [2.75, 3.05) is 12.3 Å². The Hall–Kier alpha value is -1.03. The van der Waals surface area contributed by atoms with Gasteiger partial charge in [0, 0.05) is 23.5 Å². The average molecular weight is 269 g/mol. The van der Waals surface area contributed by atoms with Crippen molar-refractivity contribution in [2.24, 2.45) is 5.41 Å². The third-order valence-corrected chi connectivity index (χ3v) is 3.44. The molecule has 0 aliphatic rings. The van der Waals surface area contributed by atoms with E-state index in [1.807, 2.05) is 26.8 Å². The van der Waals surface area contributed by atoms with Gasteiger partial charge in [-0.15, -0.1) is 0 Å². The SMILES string of the molecule is CC(C)(C)C(=O)NCCSCc1ccccc1F. The van der Waals surface area contributed by atoms with Gasteiger partial charge in [-0.1, -0.05) is 39.0 Å². The highest BCUT2D eigenvalue weighted by Crippen LogP contribution is 2.15. The fourth-order valence-electron chi connectivity index (χ4n) is 1.30. The van der Waals surface area contributed by atoms with Crippen molar-refractivity contribution in [3.8, 4) is 0 Å². The van der Waals surface area contributed by atoms with E-state index in [0.717, 1.165) is 5.75 Å². The second-order valence-electron chi connectivity index (χ2n) is 5.15. The van der Waals surface area contributed by atoms with Crippen LogP contribution in [-0.2, 0) is 10.5 Å². The Kier molecular flexibility index (Phi) is 5.66. The highest BCUT2D eigenvalue weighted by molar-refractivity contribution is 7.98. The minimum absolute atomic E-state index is 0.0500. The Morgan fingerprint density at radius 2 is 2.00 bits per heavy atom. The Morgan fingerprint density at radius 1 is 1.33 bits per heavy atom. The normalized spacial score (nSPS) is 11.3. The molecule has 0 radical (unpaired) electrons. The maximum absolute atomic E-state index is 13.3. The Labute approximate surface area is 112 Å². The zero-order valence-electron chi connectivity index (χ0n) is 11.1. The molecule has 0 bridgehead atoms. The molecule has 0 fully saturated rings. The maximum Gasteiger partial charge on any atom is 0.225 e. The lowest BCUT2D eigenvalue weighted by Crippen LogP contribution is -2.36. The number of carbonyl (C=O) groups excluding carboxylic acids is 1. The van der Waals surface area contributed by atoms with Gasteiger partial charge in [-0.2, -0.15) is 11.8 Å². The Morgan fingerprint density at radius 3 is 2.61 bits per heavy atom. The molecule has 0 saturated carbocycles. The molecule has 0 aromatic heterocycles. The Bertz CT molecular complexity index is 401. The molecule has 1 aromatic carbocycles. The van der Waals surface area contributed by atoms with Gasteiger partial charge in [0.05, 0.1) is 0 Å². The fourth-order valence-corrected chi connectivity index (χ4v) is 2.14. The van der Waals surface area contributed by atoms with Crippen molar-refractivity contribution in [3.63, 3.8) is 0 Å². The molecule has 100 valence electrons. The molecule has 1 aromatic rings. The van der Waals surface area contributed by atoms with Crippen LogP contribution >= 0.6 is 11.8 Å². The maximum atomic E-state index is 13.3. The molecule has 0 heterocycles. The van der Waals surface area contributed by atoms with E-state index >= 15 is 0 Å². The lowest BCUT2D eigenvalue weighted by Gasteiger charge is -2.17. The molecule has 0 atom stereocenters. The first-order valence-electron chi connectivity index (χ1n) is 6.00. The van der Waals surface area contributed by atoms with Crippen LogP contribution in [0.1, 0.15) is 26.3 Å². The largest absolute Gasteiger partial charge is 0.355 e. The highest BCUT2D eigenvalue weighted by atomic mass is 32.2. The van der Waals surface area contributed by atoms with Gasteiger partial charge in [0.1, 0.15) is 5.82 Å². The summed E-state index contributed by atoms with van der Waals surface area (Å²) in [5.74, 6) is 1.31. The summed E-state index contributed by atoms with van der Waals surface area (Å²) in [4.78, 5) is 11.6. The predicted octanol–water partition coefficient (Wildman–Crippen LogP) is 3.22. The molecule has 1 N–H and O–H groups in total. The summed E-state index contributed by atoms with van der Waals surface area (Å²) in [5, 5.41) is 2.87. The number of thioether (sulfide) groups is 1. The van der Waals surface area contributed by atoms with E-state index < -0.39 is 0 Å². The molecule has 1 amide bonds. The van der Waals surface area contributed by atoms with Crippen molar-refractivity contribution in [3.05, 3.63) is 35.6 Å². The third kappa shape index (κ3) is 5.08. The van der Waals surface area contributed by atoms with E-state index in [1.54, 1.807) is 23.9 Å². The van der Waals surface area contributed by atoms with Gasteiger partial charge >= 0.3 is 0 Å².